The van der Waals surface area contributed by atoms with Gasteiger partial charge in [0, 0.05) is 23.0 Å². The second kappa shape index (κ2) is 4.14. The Kier molecular flexibility index (Phi) is 2.48. The lowest BCUT2D eigenvalue weighted by Crippen LogP contribution is -2.14. The Hall–Kier alpha value is -2.36. The topological polar surface area (TPSA) is 42.7 Å². The van der Waals surface area contributed by atoms with Crippen molar-refractivity contribution in [2.75, 3.05) is 5.43 Å². The predicted molar refractivity (Wildman–Crippen MR) is 72.5 cm³/mol. The molecular formula is C14H14N4. The zero-order valence-corrected chi connectivity index (χ0v) is 10.4. The normalized spacial score (nSPS) is 10.8. The maximum Gasteiger partial charge on any atom is 0.242 e. The van der Waals surface area contributed by atoms with E-state index in [1.54, 1.807) is 0 Å². The molecule has 0 amide bonds. The van der Waals surface area contributed by atoms with Crippen LogP contribution in [0.2, 0.25) is 0 Å². The highest BCUT2D eigenvalue weighted by Crippen LogP contribution is 2.13. The van der Waals surface area contributed by atoms with Crippen LogP contribution in [0, 0.1) is 13.8 Å². The van der Waals surface area contributed by atoms with Gasteiger partial charge in [-0.25, -0.2) is 9.97 Å². The molecule has 90 valence electrons. The number of fused-ring (bicyclic) bond motifs is 1. The van der Waals surface area contributed by atoms with Gasteiger partial charge in [-0.15, -0.1) is 0 Å². The highest BCUT2D eigenvalue weighted by molar-refractivity contribution is 5.78. The minimum absolute atomic E-state index is 0.608. The molecule has 0 fully saturated rings. The number of aryl methyl sites for hydroxylation is 2. The lowest BCUT2D eigenvalue weighted by Gasteiger charge is -2.11. The first-order valence-electron chi connectivity index (χ1n) is 5.88. The number of hydrogen-bond acceptors (Lipinski definition) is 3. The molecule has 0 saturated carbocycles. The average molecular weight is 238 g/mol. The monoisotopic (exact) mass is 238 g/mol. The van der Waals surface area contributed by atoms with Gasteiger partial charge >= 0.3 is 0 Å². The van der Waals surface area contributed by atoms with E-state index in [0.717, 1.165) is 22.3 Å². The van der Waals surface area contributed by atoms with Gasteiger partial charge in [0.2, 0.25) is 5.95 Å². The van der Waals surface area contributed by atoms with E-state index >= 15 is 0 Å². The summed E-state index contributed by atoms with van der Waals surface area (Å²) in [5.74, 6) is 0.608. The van der Waals surface area contributed by atoms with Crippen LogP contribution in [0.5, 0.6) is 0 Å². The Labute approximate surface area is 105 Å². The lowest BCUT2D eigenvalue weighted by atomic mass is 10.2. The molecule has 0 atom stereocenters. The quantitative estimate of drug-likeness (QED) is 0.746. The van der Waals surface area contributed by atoms with Gasteiger partial charge in [0.15, 0.2) is 0 Å². The molecular weight excluding hydrogens is 224 g/mol. The Balaban J connectivity index is 2.00. The molecule has 0 aliphatic rings. The van der Waals surface area contributed by atoms with Crippen molar-refractivity contribution in [3.63, 3.8) is 0 Å². The maximum absolute atomic E-state index is 4.49. The molecule has 0 bridgehead atoms. The molecule has 0 saturated heterocycles. The fraction of sp³-hybridized carbons (Fsp3) is 0.143. The van der Waals surface area contributed by atoms with Crippen LogP contribution in [-0.4, -0.2) is 14.6 Å². The summed E-state index contributed by atoms with van der Waals surface area (Å²) in [7, 11) is 0. The molecule has 2 aromatic heterocycles. The predicted octanol–water partition coefficient (Wildman–Crippen LogP) is 2.92. The third kappa shape index (κ3) is 1.82. The van der Waals surface area contributed by atoms with Crippen molar-refractivity contribution in [2.45, 2.75) is 13.8 Å². The minimum atomic E-state index is 0.608. The first kappa shape index (κ1) is 10.8. The van der Waals surface area contributed by atoms with E-state index in [1.165, 1.54) is 0 Å². The summed E-state index contributed by atoms with van der Waals surface area (Å²) in [6, 6.07) is 12.1. The first-order chi connectivity index (χ1) is 8.74. The second-order valence-corrected chi connectivity index (χ2v) is 4.32. The van der Waals surface area contributed by atoms with Gasteiger partial charge in [-0.2, -0.15) is 0 Å². The van der Waals surface area contributed by atoms with E-state index in [4.69, 9.17) is 0 Å². The number of benzene rings is 1. The largest absolute Gasteiger partial charge is 0.262 e. The smallest absolute Gasteiger partial charge is 0.242 e. The van der Waals surface area contributed by atoms with Crippen LogP contribution in [-0.2, 0) is 0 Å². The Morgan fingerprint density at radius 1 is 1.00 bits per heavy atom. The molecule has 1 aromatic carbocycles. The summed E-state index contributed by atoms with van der Waals surface area (Å²) >= 11 is 0. The van der Waals surface area contributed by atoms with Crippen LogP contribution >= 0.6 is 0 Å². The van der Waals surface area contributed by atoms with Crippen molar-refractivity contribution >= 4 is 16.9 Å². The molecule has 4 nitrogen and oxygen atoms in total. The SMILES string of the molecule is Cc1ccc(C)n1Nc1ncc2ccccc2n1. The number of hydrogen-bond donors (Lipinski definition) is 1. The zero-order chi connectivity index (χ0) is 12.5. The number of rotatable bonds is 2. The molecule has 0 unspecified atom stereocenters. The molecule has 0 spiro atoms. The van der Waals surface area contributed by atoms with E-state index in [0.29, 0.717) is 5.95 Å². The Morgan fingerprint density at radius 2 is 1.72 bits per heavy atom. The molecule has 2 heterocycles. The summed E-state index contributed by atoms with van der Waals surface area (Å²) in [6.07, 6.45) is 1.83. The van der Waals surface area contributed by atoms with Crippen molar-refractivity contribution in [1.82, 2.24) is 14.6 Å². The third-order valence-electron chi connectivity index (χ3n) is 2.97. The number of nitrogens with one attached hydrogen (secondary N) is 1. The summed E-state index contributed by atoms with van der Waals surface area (Å²) in [5, 5.41) is 1.05. The molecule has 18 heavy (non-hydrogen) atoms. The first-order valence-corrected chi connectivity index (χ1v) is 5.88. The molecule has 0 aliphatic heterocycles. The van der Waals surface area contributed by atoms with Gasteiger partial charge < -0.3 is 0 Å². The van der Waals surface area contributed by atoms with Gasteiger partial charge in [0.25, 0.3) is 0 Å². The summed E-state index contributed by atoms with van der Waals surface area (Å²) in [5.41, 5.74) is 6.41. The van der Waals surface area contributed by atoms with Gasteiger partial charge in [0.1, 0.15) is 0 Å². The number of nitrogens with zero attached hydrogens (tertiary/aromatic N) is 3. The van der Waals surface area contributed by atoms with Gasteiger partial charge in [-0.3, -0.25) is 10.1 Å². The van der Waals surface area contributed by atoms with Crippen LogP contribution in [0.15, 0.2) is 42.6 Å². The third-order valence-corrected chi connectivity index (χ3v) is 2.97. The number of anilines is 1. The molecule has 1 N–H and O–H groups in total. The van der Waals surface area contributed by atoms with E-state index < -0.39 is 0 Å². The summed E-state index contributed by atoms with van der Waals surface area (Å²) in [4.78, 5) is 8.81. The van der Waals surface area contributed by atoms with Crippen LogP contribution in [0.4, 0.5) is 5.95 Å². The van der Waals surface area contributed by atoms with Crippen molar-refractivity contribution in [1.29, 1.82) is 0 Å². The van der Waals surface area contributed by atoms with Crippen molar-refractivity contribution in [2.24, 2.45) is 0 Å². The van der Waals surface area contributed by atoms with E-state index in [2.05, 4.69) is 27.5 Å². The highest BCUT2D eigenvalue weighted by atomic mass is 15.5. The fourth-order valence-electron chi connectivity index (χ4n) is 1.97. The van der Waals surface area contributed by atoms with Crippen molar-refractivity contribution in [3.8, 4) is 0 Å². The number of aromatic nitrogens is 3. The summed E-state index contributed by atoms with van der Waals surface area (Å²) < 4.78 is 1.98. The standard InChI is InChI=1S/C14H14N4/c1-10-7-8-11(2)18(10)17-14-15-9-12-5-3-4-6-13(12)16-14/h3-9H,1-2H3,(H,15,16,17). The van der Waals surface area contributed by atoms with Gasteiger partial charge in [0.05, 0.1) is 5.52 Å². The zero-order valence-electron chi connectivity index (χ0n) is 10.4. The second-order valence-electron chi connectivity index (χ2n) is 4.32. The highest BCUT2D eigenvalue weighted by Gasteiger charge is 2.03. The van der Waals surface area contributed by atoms with Crippen LogP contribution in [0.3, 0.4) is 0 Å². The van der Waals surface area contributed by atoms with E-state index in [9.17, 15) is 0 Å². The van der Waals surface area contributed by atoms with E-state index in [-0.39, 0.29) is 0 Å². The molecule has 3 rings (SSSR count). The summed E-state index contributed by atoms with van der Waals surface area (Å²) in [6.45, 7) is 4.09. The molecule has 3 aromatic rings. The average Bonchev–Trinajstić information content (AvgIpc) is 2.70. The minimum Gasteiger partial charge on any atom is -0.262 e. The molecule has 0 radical (unpaired) electrons. The van der Waals surface area contributed by atoms with Crippen molar-refractivity contribution in [3.05, 3.63) is 54.0 Å². The van der Waals surface area contributed by atoms with Gasteiger partial charge in [-0.1, -0.05) is 18.2 Å². The van der Waals surface area contributed by atoms with E-state index in [1.807, 2.05) is 49.0 Å². The molecule has 0 aliphatic carbocycles. The maximum atomic E-state index is 4.49. The number of para-hydroxylation sites is 1. The van der Waals surface area contributed by atoms with Crippen LogP contribution < -0.4 is 5.43 Å². The van der Waals surface area contributed by atoms with Gasteiger partial charge in [-0.05, 0) is 32.0 Å². The lowest BCUT2D eigenvalue weighted by molar-refractivity contribution is 0.859. The molecule has 4 heteroatoms. The van der Waals surface area contributed by atoms with Crippen molar-refractivity contribution < 1.29 is 0 Å². The fourth-order valence-corrected chi connectivity index (χ4v) is 1.97. The Bertz CT molecular complexity index is 680. The van der Waals surface area contributed by atoms with Crippen LogP contribution in [0.25, 0.3) is 10.9 Å². The Morgan fingerprint density at radius 3 is 2.50 bits per heavy atom. The van der Waals surface area contributed by atoms with Crippen LogP contribution in [0.1, 0.15) is 11.4 Å².